The normalized spacial score (nSPS) is 19.1. The molecule has 0 radical (unpaired) electrons. The van der Waals surface area contributed by atoms with Gasteiger partial charge in [-0.15, -0.1) is 0 Å². The number of nitrogens with one attached hydrogen (secondary N) is 2. The van der Waals surface area contributed by atoms with E-state index in [2.05, 4.69) is 15.5 Å². The molecule has 106 valence electrons. The van der Waals surface area contributed by atoms with E-state index in [1.54, 1.807) is 0 Å². The molecule has 1 aliphatic carbocycles. The van der Waals surface area contributed by atoms with Gasteiger partial charge in [0.2, 0.25) is 0 Å². The SMILES string of the molecule is Cc1n[nH]c(C)c1C(NC1CCCCCC1)C(=O)O. The number of carboxylic acid groups (broad SMARTS) is 1. The van der Waals surface area contributed by atoms with Gasteiger partial charge in [-0.25, -0.2) is 0 Å². The molecule has 1 fully saturated rings. The fourth-order valence-electron chi connectivity index (χ4n) is 2.94. The number of H-pyrrole nitrogens is 1. The first-order valence-corrected chi connectivity index (χ1v) is 7.10. The molecule has 3 N–H and O–H groups in total. The lowest BCUT2D eigenvalue weighted by molar-refractivity contribution is -0.140. The second-order valence-electron chi connectivity index (χ2n) is 5.47. The number of aromatic nitrogens is 2. The Kier molecular flexibility index (Phi) is 4.58. The summed E-state index contributed by atoms with van der Waals surface area (Å²) >= 11 is 0. The third kappa shape index (κ3) is 3.35. The molecule has 0 amide bonds. The van der Waals surface area contributed by atoms with Crippen molar-refractivity contribution in [3.05, 3.63) is 17.0 Å². The zero-order valence-electron chi connectivity index (χ0n) is 11.7. The molecule has 0 bridgehead atoms. The highest BCUT2D eigenvalue weighted by molar-refractivity contribution is 5.76. The first kappa shape index (κ1) is 14.1. The van der Waals surface area contributed by atoms with E-state index in [-0.39, 0.29) is 0 Å². The van der Waals surface area contributed by atoms with Gasteiger partial charge in [0.05, 0.1) is 5.69 Å². The number of nitrogens with zero attached hydrogens (tertiary/aromatic N) is 1. The second kappa shape index (κ2) is 6.19. The standard InChI is InChI=1S/C14H23N3O2/c1-9-12(10(2)17-16-9)13(14(18)19)15-11-7-5-3-4-6-8-11/h11,13,15H,3-8H2,1-2H3,(H,16,17)(H,18,19). The van der Waals surface area contributed by atoms with Crippen molar-refractivity contribution in [1.82, 2.24) is 15.5 Å². The second-order valence-corrected chi connectivity index (χ2v) is 5.47. The Balaban J connectivity index is 2.14. The van der Waals surface area contributed by atoms with Crippen molar-refractivity contribution in [2.24, 2.45) is 0 Å². The molecule has 1 heterocycles. The van der Waals surface area contributed by atoms with Crippen LogP contribution in [-0.2, 0) is 4.79 Å². The van der Waals surface area contributed by atoms with Crippen LogP contribution in [0.5, 0.6) is 0 Å². The lowest BCUT2D eigenvalue weighted by Gasteiger charge is -2.22. The van der Waals surface area contributed by atoms with E-state index in [0.717, 1.165) is 29.8 Å². The minimum Gasteiger partial charge on any atom is -0.480 e. The largest absolute Gasteiger partial charge is 0.480 e. The first-order valence-electron chi connectivity index (χ1n) is 7.10. The third-order valence-corrected chi connectivity index (χ3v) is 3.98. The Labute approximate surface area is 113 Å². The van der Waals surface area contributed by atoms with E-state index in [4.69, 9.17) is 0 Å². The molecule has 0 aliphatic heterocycles. The average molecular weight is 265 g/mol. The highest BCUT2D eigenvalue weighted by Crippen LogP contribution is 2.24. The molecule has 1 atom stereocenters. The maximum Gasteiger partial charge on any atom is 0.325 e. The third-order valence-electron chi connectivity index (χ3n) is 3.98. The number of aromatic amines is 1. The van der Waals surface area contributed by atoms with Gasteiger partial charge in [-0.1, -0.05) is 25.7 Å². The topological polar surface area (TPSA) is 78.0 Å². The number of aryl methyl sites for hydroxylation is 2. The monoisotopic (exact) mass is 265 g/mol. The van der Waals surface area contributed by atoms with E-state index in [0.29, 0.717) is 6.04 Å². The van der Waals surface area contributed by atoms with Gasteiger partial charge in [0.25, 0.3) is 0 Å². The van der Waals surface area contributed by atoms with E-state index < -0.39 is 12.0 Å². The van der Waals surface area contributed by atoms with E-state index in [9.17, 15) is 9.90 Å². The summed E-state index contributed by atoms with van der Waals surface area (Å²) in [7, 11) is 0. The summed E-state index contributed by atoms with van der Waals surface area (Å²) in [6.07, 6.45) is 7.04. The van der Waals surface area contributed by atoms with Gasteiger partial charge >= 0.3 is 5.97 Å². The quantitative estimate of drug-likeness (QED) is 0.731. The summed E-state index contributed by atoms with van der Waals surface area (Å²) in [4.78, 5) is 11.6. The van der Waals surface area contributed by atoms with Crippen LogP contribution in [0.25, 0.3) is 0 Å². The van der Waals surface area contributed by atoms with Crippen LogP contribution in [0, 0.1) is 13.8 Å². The predicted octanol–water partition coefficient (Wildman–Crippen LogP) is 2.46. The zero-order valence-corrected chi connectivity index (χ0v) is 11.7. The Morgan fingerprint density at radius 1 is 1.32 bits per heavy atom. The molecule has 19 heavy (non-hydrogen) atoms. The van der Waals surface area contributed by atoms with Crippen LogP contribution < -0.4 is 5.32 Å². The number of carbonyl (C=O) groups is 1. The molecule has 1 aromatic heterocycles. The number of rotatable bonds is 4. The Morgan fingerprint density at radius 2 is 1.95 bits per heavy atom. The molecule has 0 aromatic carbocycles. The predicted molar refractivity (Wildman–Crippen MR) is 73.1 cm³/mol. The molecule has 1 aliphatic rings. The Bertz CT molecular complexity index is 414. The van der Waals surface area contributed by atoms with Crippen molar-refractivity contribution >= 4 is 5.97 Å². The van der Waals surface area contributed by atoms with Gasteiger partial charge in [0, 0.05) is 17.3 Å². The smallest absolute Gasteiger partial charge is 0.325 e. The van der Waals surface area contributed by atoms with E-state index in [1.165, 1.54) is 25.7 Å². The van der Waals surface area contributed by atoms with Crippen LogP contribution in [0.15, 0.2) is 0 Å². The molecule has 2 rings (SSSR count). The molecule has 1 saturated carbocycles. The van der Waals surface area contributed by atoms with Crippen LogP contribution in [0.1, 0.15) is 61.5 Å². The lowest BCUT2D eigenvalue weighted by Crippen LogP contribution is -2.37. The van der Waals surface area contributed by atoms with Crippen LogP contribution in [0.3, 0.4) is 0 Å². The fraction of sp³-hybridized carbons (Fsp3) is 0.714. The van der Waals surface area contributed by atoms with Crippen molar-refractivity contribution in [3.63, 3.8) is 0 Å². The highest BCUT2D eigenvalue weighted by atomic mass is 16.4. The summed E-state index contributed by atoms with van der Waals surface area (Å²) in [6, 6.07) is -0.348. The number of hydrogen-bond donors (Lipinski definition) is 3. The van der Waals surface area contributed by atoms with Gasteiger partial charge < -0.3 is 5.11 Å². The molecule has 5 nitrogen and oxygen atoms in total. The zero-order chi connectivity index (χ0) is 13.8. The Hall–Kier alpha value is -1.36. The first-order chi connectivity index (χ1) is 9.09. The number of carboxylic acids is 1. The Morgan fingerprint density at radius 3 is 2.42 bits per heavy atom. The summed E-state index contributed by atoms with van der Waals surface area (Å²) in [5, 5.41) is 19.8. The van der Waals surface area contributed by atoms with Crippen LogP contribution in [0.2, 0.25) is 0 Å². The summed E-state index contributed by atoms with van der Waals surface area (Å²) in [5.41, 5.74) is 2.40. The van der Waals surface area contributed by atoms with Crippen molar-refractivity contribution < 1.29 is 9.90 Å². The fourth-order valence-corrected chi connectivity index (χ4v) is 2.94. The van der Waals surface area contributed by atoms with Gasteiger partial charge in [0.1, 0.15) is 6.04 Å². The maximum absolute atomic E-state index is 11.6. The van der Waals surface area contributed by atoms with Crippen molar-refractivity contribution in [2.45, 2.75) is 64.5 Å². The van der Waals surface area contributed by atoms with Crippen molar-refractivity contribution in [3.8, 4) is 0 Å². The summed E-state index contributed by atoms with van der Waals surface area (Å²) in [6.45, 7) is 3.73. The summed E-state index contributed by atoms with van der Waals surface area (Å²) < 4.78 is 0. The molecular formula is C14H23N3O2. The minimum atomic E-state index is -0.822. The molecular weight excluding hydrogens is 242 g/mol. The van der Waals surface area contributed by atoms with E-state index in [1.807, 2.05) is 13.8 Å². The molecule has 0 spiro atoms. The van der Waals surface area contributed by atoms with Gasteiger partial charge in [0.15, 0.2) is 0 Å². The minimum absolute atomic E-state index is 0.303. The van der Waals surface area contributed by atoms with Crippen LogP contribution >= 0.6 is 0 Å². The van der Waals surface area contributed by atoms with Crippen molar-refractivity contribution in [2.75, 3.05) is 0 Å². The van der Waals surface area contributed by atoms with E-state index >= 15 is 0 Å². The highest BCUT2D eigenvalue weighted by Gasteiger charge is 2.28. The van der Waals surface area contributed by atoms with Crippen LogP contribution in [-0.4, -0.2) is 27.3 Å². The maximum atomic E-state index is 11.6. The van der Waals surface area contributed by atoms with Crippen LogP contribution in [0.4, 0.5) is 0 Å². The van der Waals surface area contributed by atoms with Gasteiger partial charge in [-0.2, -0.15) is 5.10 Å². The van der Waals surface area contributed by atoms with Gasteiger partial charge in [-0.05, 0) is 26.7 Å². The van der Waals surface area contributed by atoms with Crippen molar-refractivity contribution in [1.29, 1.82) is 0 Å². The number of aliphatic carboxylic acids is 1. The summed E-state index contributed by atoms with van der Waals surface area (Å²) in [5.74, 6) is -0.822. The molecule has 0 saturated heterocycles. The molecule has 5 heteroatoms. The number of hydrogen-bond acceptors (Lipinski definition) is 3. The average Bonchev–Trinajstić information content (AvgIpc) is 2.59. The molecule has 1 aromatic rings. The van der Waals surface area contributed by atoms with Gasteiger partial charge in [-0.3, -0.25) is 15.2 Å². The lowest BCUT2D eigenvalue weighted by atomic mass is 10.0. The molecule has 1 unspecified atom stereocenters.